The molecule has 0 atom stereocenters. The fraction of sp³-hybridized carbons (Fsp3) is 0.111. The van der Waals surface area contributed by atoms with Crippen LogP contribution >= 0.6 is 11.6 Å². The third-order valence-corrected chi connectivity index (χ3v) is 3.73. The zero-order chi connectivity index (χ0) is 16.2. The number of hydrogen-bond acceptors (Lipinski definition) is 3. The molecule has 0 spiro atoms. The first-order valence-electron chi connectivity index (χ1n) is 7.13. The lowest BCUT2D eigenvalue weighted by Crippen LogP contribution is -2.22. The van der Waals surface area contributed by atoms with Gasteiger partial charge in [-0.2, -0.15) is 5.10 Å². The average Bonchev–Trinajstić information content (AvgIpc) is 2.59. The summed E-state index contributed by atoms with van der Waals surface area (Å²) in [6.07, 6.45) is 0. The van der Waals surface area contributed by atoms with Gasteiger partial charge in [0.15, 0.2) is 0 Å². The van der Waals surface area contributed by atoms with Crippen LogP contribution in [-0.2, 0) is 6.54 Å². The molecule has 0 saturated carbocycles. The topological polar surface area (TPSA) is 44.1 Å². The number of hydrogen-bond donors (Lipinski definition) is 0. The van der Waals surface area contributed by atoms with E-state index in [1.165, 1.54) is 10.7 Å². The summed E-state index contributed by atoms with van der Waals surface area (Å²) in [6, 6.07) is 18.2. The summed E-state index contributed by atoms with van der Waals surface area (Å²) in [5.41, 5.74) is 2.44. The van der Waals surface area contributed by atoms with Gasteiger partial charge in [-0.3, -0.25) is 4.79 Å². The van der Waals surface area contributed by atoms with Crippen LogP contribution in [0, 0.1) is 0 Å². The van der Waals surface area contributed by atoms with Crippen LogP contribution in [0.25, 0.3) is 11.3 Å². The van der Waals surface area contributed by atoms with Gasteiger partial charge in [0, 0.05) is 16.7 Å². The molecule has 0 aliphatic carbocycles. The fourth-order valence-electron chi connectivity index (χ4n) is 2.26. The lowest BCUT2D eigenvalue weighted by molar-refractivity contribution is 0.415. The van der Waals surface area contributed by atoms with Crippen LogP contribution in [0.2, 0.25) is 5.02 Å². The molecule has 0 saturated heterocycles. The van der Waals surface area contributed by atoms with Crippen LogP contribution in [0.3, 0.4) is 0 Å². The average molecular weight is 327 g/mol. The molecule has 0 aliphatic rings. The van der Waals surface area contributed by atoms with Crippen molar-refractivity contribution in [1.82, 2.24) is 9.78 Å². The Labute approximate surface area is 138 Å². The van der Waals surface area contributed by atoms with Gasteiger partial charge in [-0.1, -0.05) is 35.9 Å². The van der Waals surface area contributed by atoms with Gasteiger partial charge in [0.25, 0.3) is 5.56 Å². The number of benzene rings is 2. The lowest BCUT2D eigenvalue weighted by Gasteiger charge is -2.08. The van der Waals surface area contributed by atoms with Gasteiger partial charge in [-0.05, 0) is 35.9 Å². The van der Waals surface area contributed by atoms with Crippen LogP contribution in [0.15, 0.2) is 65.5 Å². The minimum atomic E-state index is -0.147. The summed E-state index contributed by atoms with van der Waals surface area (Å²) in [7, 11) is 1.62. The normalized spacial score (nSPS) is 10.5. The molecule has 3 aromatic rings. The Morgan fingerprint density at radius 3 is 2.61 bits per heavy atom. The molecule has 1 heterocycles. The predicted molar refractivity (Wildman–Crippen MR) is 91.0 cm³/mol. The Hall–Kier alpha value is -2.59. The van der Waals surface area contributed by atoms with Crippen LogP contribution < -0.4 is 10.3 Å². The number of methoxy groups -OCH3 is 1. The molecule has 0 unspecified atom stereocenters. The van der Waals surface area contributed by atoms with Gasteiger partial charge < -0.3 is 4.74 Å². The second-order valence-corrected chi connectivity index (χ2v) is 5.51. The largest absolute Gasteiger partial charge is 0.497 e. The van der Waals surface area contributed by atoms with Crippen molar-refractivity contribution in [2.24, 2.45) is 0 Å². The fourth-order valence-corrected chi connectivity index (χ4v) is 2.39. The smallest absolute Gasteiger partial charge is 0.267 e. The first kappa shape index (κ1) is 15.3. The number of ether oxygens (including phenoxy) is 1. The summed E-state index contributed by atoms with van der Waals surface area (Å²) in [6.45, 7) is 0.397. The second-order valence-electron chi connectivity index (χ2n) is 5.07. The van der Waals surface area contributed by atoms with Gasteiger partial charge in [0.1, 0.15) is 5.75 Å². The van der Waals surface area contributed by atoms with Crippen molar-refractivity contribution in [3.8, 4) is 17.0 Å². The zero-order valence-corrected chi connectivity index (χ0v) is 13.3. The zero-order valence-electron chi connectivity index (χ0n) is 12.6. The predicted octanol–water partition coefficient (Wildman–Crippen LogP) is 3.62. The molecular weight excluding hydrogens is 312 g/mol. The van der Waals surface area contributed by atoms with Crippen molar-refractivity contribution < 1.29 is 4.74 Å². The molecule has 0 amide bonds. The van der Waals surface area contributed by atoms with Crippen LogP contribution in [-0.4, -0.2) is 16.9 Å². The maximum Gasteiger partial charge on any atom is 0.267 e. The molecule has 0 radical (unpaired) electrons. The van der Waals surface area contributed by atoms with Crippen molar-refractivity contribution in [3.05, 3.63) is 81.6 Å². The number of halogens is 1. The SMILES string of the molecule is COc1cccc(-c2ccc(=O)n(Cc3ccc(Cl)cc3)n2)c1. The summed E-state index contributed by atoms with van der Waals surface area (Å²) < 4.78 is 6.67. The molecule has 4 nitrogen and oxygen atoms in total. The van der Waals surface area contributed by atoms with E-state index in [4.69, 9.17) is 16.3 Å². The highest BCUT2D eigenvalue weighted by atomic mass is 35.5. The highest BCUT2D eigenvalue weighted by molar-refractivity contribution is 6.30. The van der Waals surface area contributed by atoms with Crippen LogP contribution in [0.4, 0.5) is 0 Å². The molecule has 0 bridgehead atoms. The van der Waals surface area contributed by atoms with Crippen molar-refractivity contribution in [2.75, 3.05) is 7.11 Å². The molecular formula is C18H15ClN2O2. The summed E-state index contributed by atoms with van der Waals surface area (Å²) in [5.74, 6) is 0.750. The van der Waals surface area contributed by atoms with E-state index < -0.39 is 0 Å². The van der Waals surface area contributed by atoms with E-state index in [2.05, 4.69) is 5.10 Å². The van der Waals surface area contributed by atoms with Gasteiger partial charge >= 0.3 is 0 Å². The van der Waals surface area contributed by atoms with E-state index in [0.29, 0.717) is 11.6 Å². The third kappa shape index (κ3) is 3.60. The molecule has 0 N–H and O–H groups in total. The first-order chi connectivity index (χ1) is 11.2. The molecule has 5 heteroatoms. The van der Waals surface area contributed by atoms with E-state index in [1.54, 1.807) is 25.3 Å². The van der Waals surface area contributed by atoms with Crippen molar-refractivity contribution in [2.45, 2.75) is 6.54 Å². The van der Waals surface area contributed by atoms with E-state index >= 15 is 0 Å². The summed E-state index contributed by atoms with van der Waals surface area (Å²) in [5, 5.41) is 5.12. The van der Waals surface area contributed by atoms with Crippen molar-refractivity contribution in [3.63, 3.8) is 0 Å². The van der Waals surface area contributed by atoms with Crippen molar-refractivity contribution >= 4 is 11.6 Å². The number of aromatic nitrogens is 2. The lowest BCUT2D eigenvalue weighted by atomic mass is 10.1. The standard InChI is InChI=1S/C18H15ClN2O2/c1-23-16-4-2-3-14(11-16)17-9-10-18(22)21(20-17)12-13-5-7-15(19)8-6-13/h2-11H,12H2,1H3. The molecule has 2 aromatic carbocycles. The van der Waals surface area contributed by atoms with Gasteiger partial charge in [0.2, 0.25) is 0 Å². The van der Waals surface area contributed by atoms with E-state index in [1.807, 2.05) is 36.4 Å². The van der Waals surface area contributed by atoms with Gasteiger partial charge in [0.05, 0.1) is 19.3 Å². The molecule has 0 aliphatic heterocycles. The van der Waals surface area contributed by atoms with Gasteiger partial charge in [-0.15, -0.1) is 0 Å². The Morgan fingerprint density at radius 2 is 1.87 bits per heavy atom. The maximum atomic E-state index is 12.0. The summed E-state index contributed by atoms with van der Waals surface area (Å²) in [4.78, 5) is 12.0. The molecule has 0 fully saturated rings. The summed E-state index contributed by atoms with van der Waals surface area (Å²) >= 11 is 5.88. The minimum absolute atomic E-state index is 0.147. The Balaban J connectivity index is 1.95. The van der Waals surface area contributed by atoms with E-state index in [0.717, 1.165) is 22.6 Å². The molecule has 1 aromatic heterocycles. The Morgan fingerprint density at radius 1 is 1.09 bits per heavy atom. The quantitative estimate of drug-likeness (QED) is 0.735. The maximum absolute atomic E-state index is 12.0. The Kier molecular flexibility index (Phi) is 4.44. The first-order valence-corrected chi connectivity index (χ1v) is 7.50. The van der Waals surface area contributed by atoms with Gasteiger partial charge in [-0.25, -0.2) is 4.68 Å². The highest BCUT2D eigenvalue weighted by Gasteiger charge is 2.05. The van der Waals surface area contributed by atoms with Crippen LogP contribution in [0.5, 0.6) is 5.75 Å². The molecule has 23 heavy (non-hydrogen) atoms. The van der Waals surface area contributed by atoms with Crippen LogP contribution in [0.1, 0.15) is 5.56 Å². The minimum Gasteiger partial charge on any atom is -0.497 e. The number of nitrogens with zero attached hydrogens (tertiary/aromatic N) is 2. The number of rotatable bonds is 4. The second kappa shape index (κ2) is 6.67. The molecule has 3 rings (SSSR count). The monoisotopic (exact) mass is 326 g/mol. The van der Waals surface area contributed by atoms with E-state index in [-0.39, 0.29) is 5.56 Å². The van der Waals surface area contributed by atoms with Crippen molar-refractivity contribution in [1.29, 1.82) is 0 Å². The van der Waals surface area contributed by atoms with E-state index in [9.17, 15) is 4.79 Å². The molecule has 116 valence electrons. The third-order valence-electron chi connectivity index (χ3n) is 3.48. The highest BCUT2D eigenvalue weighted by Crippen LogP contribution is 2.21. The Bertz CT molecular complexity index is 873.